The lowest BCUT2D eigenvalue weighted by atomic mass is 10.1. The van der Waals surface area contributed by atoms with Crippen molar-refractivity contribution in [1.29, 1.82) is 0 Å². The number of nitrogens with one attached hydrogen (secondary N) is 1. The zero-order chi connectivity index (χ0) is 21.0. The summed E-state index contributed by atoms with van der Waals surface area (Å²) >= 11 is 6.50. The summed E-state index contributed by atoms with van der Waals surface area (Å²) in [7, 11) is 0. The van der Waals surface area contributed by atoms with Crippen LogP contribution >= 0.6 is 24.0 Å². The van der Waals surface area contributed by atoms with Crippen molar-refractivity contribution in [1.82, 2.24) is 4.90 Å². The van der Waals surface area contributed by atoms with Crippen molar-refractivity contribution in [2.24, 2.45) is 0 Å². The number of non-ortho nitro benzene ring substituents is 1. The predicted molar refractivity (Wildman–Crippen MR) is 117 cm³/mol. The molecule has 0 unspecified atom stereocenters. The van der Waals surface area contributed by atoms with Crippen molar-refractivity contribution < 1.29 is 14.5 Å². The molecule has 0 atom stereocenters. The van der Waals surface area contributed by atoms with Gasteiger partial charge in [-0.2, -0.15) is 0 Å². The highest BCUT2D eigenvalue weighted by atomic mass is 32.2. The number of nitro benzene ring substituents is 1. The summed E-state index contributed by atoms with van der Waals surface area (Å²) in [5, 5.41) is 13.3. The lowest BCUT2D eigenvalue weighted by Gasteiger charge is -2.14. The highest BCUT2D eigenvalue weighted by molar-refractivity contribution is 8.26. The highest BCUT2D eigenvalue weighted by Gasteiger charge is 2.32. The van der Waals surface area contributed by atoms with Gasteiger partial charge in [-0.05, 0) is 30.7 Å². The summed E-state index contributed by atoms with van der Waals surface area (Å²) in [5.41, 5.74) is 2.44. The molecule has 2 amide bonds. The van der Waals surface area contributed by atoms with E-state index in [-0.39, 0.29) is 30.5 Å². The number of rotatable bonds is 6. The largest absolute Gasteiger partial charge is 0.326 e. The van der Waals surface area contributed by atoms with Gasteiger partial charge in [0.2, 0.25) is 5.91 Å². The fraction of sp³-hybridized carbons (Fsp3) is 0.150. The van der Waals surface area contributed by atoms with Crippen LogP contribution in [0.5, 0.6) is 0 Å². The number of carbonyl (C=O) groups is 2. The Bertz CT molecular complexity index is 1000. The first-order valence-electron chi connectivity index (χ1n) is 8.70. The number of aryl methyl sites for hydroxylation is 1. The molecule has 0 aromatic heterocycles. The molecule has 7 nitrogen and oxygen atoms in total. The topological polar surface area (TPSA) is 92.6 Å². The first-order valence-corrected chi connectivity index (χ1v) is 9.92. The Hall–Kier alpha value is -3.04. The van der Waals surface area contributed by atoms with Crippen molar-refractivity contribution in [3.63, 3.8) is 0 Å². The Morgan fingerprint density at radius 1 is 1.21 bits per heavy atom. The van der Waals surface area contributed by atoms with Gasteiger partial charge in [0.1, 0.15) is 4.32 Å². The zero-order valence-corrected chi connectivity index (χ0v) is 17.1. The third-order valence-corrected chi connectivity index (χ3v) is 5.55. The van der Waals surface area contributed by atoms with Crippen LogP contribution in [0.25, 0.3) is 6.08 Å². The molecule has 1 N–H and O–H groups in total. The molecular weight excluding hydrogens is 410 g/mol. The SMILES string of the molecule is Cc1ccc(/C=C2/SC(=S)N(CCC(=O)Nc3ccc([N+](=O)[O-])cc3)C2=O)cc1. The van der Waals surface area contributed by atoms with Crippen molar-refractivity contribution in [3.8, 4) is 0 Å². The van der Waals surface area contributed by atoms with Crippen LogP contribution in [0.2, 0.25) is 0 Å². The van der Waals surface area contributed by atoms with Gasteiger partial charge in [-0.25, -0.2) is 0 Å². The Balaban J connectivity index is 1.57. The Kier molecular flexibility index (Phi) is 6.40. The molecule has 2 aromatic carbocycles. The summed E-state index contributed by atoms with van der Waals surface area (Å²) in [5.74, 6) is -0.529. The second-order valence-corrected chi connectivity index (χ2v) is 8.02. The van der Waals surface area contributed by atoms with Gasteiger partial charge in [-0.15, -0.1) is 0 Å². The Morgan fingerprint density at radius 3 is 2.48 bits per heavy atom. The molecule has 29 heavy (non-hydrogen) atoms. The van der Waals surface area contributed by atoms with Crippen LogP contribution in [0.4, 0.5) is 11.4 Å². The van der Waals surface area contributed by atoms with E-state index in [4.69, 9.17) is 12.2 Å². The van der Waals surface area contributed by atoms with E-state index in [1.54, 1.807) is 6.08 Å². The van der Waals surface area contributed by atoms with Gasteiger partial charge in [0.05, 0.1) is 9.83 Å². The maximum absolute atomic E-state index is 12.6. The molecule has 0 radical (unpaired) electrons. The van der Waals surface area contributed by atoms with E-state index in [1.807, 2.05) is 31.2 Å². The number of amides is 2. The highest BCUT2D eigenvalue weighted by Crippen LogP contribution is 2.32. The lowest BCUT2D eigenvalue weighted by molar-refractivity contribution is -0.384. The molecule has 1 heterocycles. The normalized spacial score (nSPS) is 15.1. The van der Waals surface area contributed by atoms with Gasteiger partial charge in [0.15, 0.2) is 0 Å². The van der Waals surface area contributed by atoms with Crippen molar-refractivity contribution >= 4 is 57.6 Å². The molecule has 1 fully saturated rings. The number of nitro groups is 1. The molecule has 1 saturated heterocycles. The molecule has 0 bridgehead atoms. The van der Waals surface area contributed by atoms with Crippen molar-refractivity contribution in [2.75, 3.05) is 11.9 Å². The zero-order valence-electron chi connectivity index (χ0n) is 15.5. The smallest absolute Gasteiger partial charge is 0.269 e. The van der Waals surface area contributed by atoms with E-state index >= 15 is 0 Å². The van der Waals surface area contributed by atoms with Gasteiger partial charge in [0, 0.05) is 30.8 Å². The van der Waals surface area contributed by atoms with Crippen LogP contribution in [-0.4, -0.2) is 32.5 Å². The summed E-state index contributed by atoms with van der Waals surface area (Å²) in [6.45, 7) is 2.15. The number of hydrogen-bond acceptors (Lipinski definition) is 6. The molecule has 0 aliphatic carbocycles. The van der Waals surface area contributed by atoms with Gasteiger partial charge in [0.25, 0.3) is 11.6 Å². The second kappa shape index (κ2) is 8.97. The molecular formula is C20H17N3O4S2. The van der Waals surface area contributed by atoms with E-state index in [1.165, 1.54) is 40.9 Å². The van der Waals surface area contributed by atoms with Crippen LogP contribution in [0.1, 0.15) is 17.5 Å². The third kappa shape index (κ3) is 5.27. The molecule has 1 aliphatic rings. The number of nitrogens with zero attached hydrogens (tertiary/aromatic N) is 2. The maximum atomic E-state index is 12.6. The summed E-state index contributed by atoms with van der Waals surface area (Å²) in [6, 6.07) is 13.3. The molecule has 3 rings (SSSR count). The fourth-order valence-electron chi connectivity index (χ4n) is 2.61. The Labute approximate surface area is 176 Å². The van der Waals surface area contributed by atoms with Gasteiger partial charge >= 0.3 is 0 Å². The van der Waals surface area contributed by atoms with Crippen molar-refractivity contribution in [3.05, 3.63) is 74.7 Å². The second-order valence-electron chi connectivity index (χ2n) is 6.35. The molecule has 9 heteroatoms. The van der Waals surface area contributed by atoms with Crippen molar-refractivity contribution in [2.45, 2.75) is 13.3 Å². The van der Waals surface area contributed by atoms with Gasteiger partial charge in [-0.3, -0.25) is 24.6 Å². The predicted octanol–water partition coefficient (Wildman–Crippen LogP) is 4.13. The minimum Gasteiger partial charge on any atom is -0.326 e. The average Bonchev–Trinajstić information content (AvgIpc) is 2.95. The maximum Gasteiger partial charge on any atom is 0.269 e. The number of anilines is 1. The fourth-order valence-corrected chi connectivity index (χ4v) is 3.92. The summed E-state index contributed by atoms with van der Waals surface area (Å²) in [6.07, 6.45) is 1.84. The lowest BCUT2D eigenvalue weighted by Crippen LogP contribution is -2.31. The van der Waals surface area contributed by atoms with Crippen LogP contribution in [-0.2, 0) is 9.59 Å². The van der Waals surface area contributed by atoms with E-state index in [9.17, 15) is 19.7 Å². The summed E-state index contributed by atoms with van der Waals surface area (Å²) in [4.78, 5) is 36.9. The number of thioether (sulfide) groups is 1. The third-order valence-electron chi connectivity index (χ3n) is 4.17. The van der Waals surface area contributed by atoms with Crippen LogP contribution in [0, 0.1) is 17.0 Å². The standard InChI is InChI=1S/C20H17N3O4S2/c1-13-2-4-14(5-3-13)12-17-19(25)22(20(28)29-17)11-10-18(24)21-15-6-8-16(9-7-15)23(26)27/h2-9,12H,10-11H2,1H3,(H,21,24)/b17-12+. The van der Waals surface area contributed by atoms with E-state index in [2.05, 4.69) is 5.32 Å². The van der Waals surface area contributed by atoms with Crippen LogP contribution in [0.15, 0.2) is 53.4 Å². The number of benzene rings is 2. The van der Waals surface area contributed by atoms with Crippen LogP contribution in [0.3, 0.4) is 0 Å². The molecule has 2 aromatic rings. The Morgan fingerprint density at radius 2 is 1.86 bits per heavy atom. The van der Waals surface area contributed by atoms with Gasteiger partial charge in [-0.1, -0.05) is 53.8 Å². The average molecular weight is 428 g/mol. The minimum atomic E-state index is -0.509. The molecule has 0 spiro atoms. The van der Waals surface area contributed by atoms with Gasteiger partial charge < -0.3 is 5.32 Å². The first-order chi connectivity index (χ1) is 13.8. The van der Waals surface area contributed by atoms with Crippen LogP contribution < -0.4 is 5.32 Å². The van der Waals surface area contributed by atoms with E-state index in [0.29, 0.717) is 14.9 Å². The van der Waals surface area contributed by atoms with E-state index in [0.717, 1.165) is 11.1 Å². The summed E-state index contributed by atoms with van der Waals surface area (Å²) < 4.78 is 0.413. The number of hydrogen-bond donors (Lipinski definition) is 1. The molecule has 1 aliphatic heterocycles. The molecule has 148 valence electrons. The minimum absolute atomic E-state index is 0.0547. The first kappa shape index (κ1) is 20.7. The molecule has 0 saturated carbocycles. The monoisotopic (exact) mass is 427 g/mol. The van der Waals surface area contributed by atoms with E-state index < -0.39 is 4.92 Å². The number of carbonyl (C=O) groups excluding carboxylic acids is 2. The number of thiocarbonyl (C=S) groups is 1. The quantitative estimate of drug-likeness (QED) is 0.322.